The molecule has 1 heterocycles. The van der Waals surface area contributed by atoms with Crippen molar-refractivity contribution in [2.75, 3.05) is 11.9 Å². The summed E-state index contributed by atoms with van der Waals surface area (Å²) in [6.07, 6.45) is 0. The van der Waals surface area contributed by atoms with Gasteiger partial charge in [0.1, 0.15) is 0 Å². The maximum Gasteiger partial charge on any atom is 0.319 e. The van der Waals surface area contributed by atoms with Crippen LogP contribution < -0.4 is 16.4 Å². The van der Waals surface area contributed by atoms with Gasteiger partial charge in [0.2, 0.25) is 5.91 Å². The third-order valence-corrected chi connectivity index (χ3v) is 4.67. The number of nitrogens with one attached hydrogen (secondary N) is 2. The molecule has 122 valence electrons. The molecule has 0 atom stereocenters. The Kier molecular flexibility index (Phi) is 5.05. The SMILES string of the molecule is Cc1ccsc1-c1cccc(NC(=O)NCC(C)(C)C(N)=O)c1. The first kappa shape index (κ1) is 17.0. The summed E-state index contributed by atoms with van der Waals surface area (Å²) in [6, 6.07) is 9.37. The van der Waals surface area contributed by atoms with Gasteiger partial charge in [-0.05, 0) is 55.5 Å². The second-order valence-corrected chi connectivity index (χ2v) is 6.99. The van der Waals surface area contributed by atoms with Crippen molar-refractivity contribution in [2.24, 2.45) is 11.1 Å². The Morgan fingerprint density at radius 2 is 2.00 bits per heavy atom. The Labute approximate surface area is 139 Å². The van der Waals surface area contributed by atoms with Gasteiger partial charge in [-0.1, -0.05) is 12.1 Å². The van der Waals surface area contributed by atoms with Crippen LogP contribution in [0, 0.1) is 12.3 Å². The van der Waals surface area contributed by atoms with Crippen LogP contribution in [-0.2, 0) is 4.79 Å². The van der Waals surface area contributed by atoms with Gasteiger partial charge in [-0.25, -0.2) is 4.79 Å². The zero-order chi connectivity index (χ0) is 17.0. The number of hydrogen-bond donors (Lipinski definition) is 3. The number of carbonyl (C=O) groups excluding carboxylic acids is 2. The number of hydrogen-bond acceptors (Lipinski definition) is 3. The molecule has 23 heavy (non-hydrogen) atoms. The lowest BCUT2D eigenvalue weighted by Gasteiger charge is -2.20. The first-order chi connectivity index (χ1) is 10.8. The Bertz CT molecular complexity index is 722. The minimum Gasteiger partial charge on any atom is -0.369 e. The molecular weight excluding hydrogens is 310 g/mol. The predicted octanol–water partition coefficient (Wildman–Crippen LogP) is 3.36. The van der Waals surface area contributed by atoms with Crippen LogP contribution in [-0.4, -0.2) is 18.5 Å². The van der Waals surface area contributed by atoms with E-state index in [0.29, 0.717) is 5.69 Å². The summed E-state index contributed by atoms with van der Waals surface area (Å²) < 4.78 is 0. The molecule has 4 N–H and O–H groups in total. The van der Waals surface area contributed by atoms with Crippen LogP contribution in [0.5, 0.6) is 0 Å². The van der Waals surface area contributed by atoms with Crippen LogP contribution in [0.25, 0.3) is 10.4 Å². The molecule has 0 saturated heterocycles. The monoisotopic (exact) mass is 331 g/mol. The normalized spacial score (nSPS) is 11.1. The second kappa shape index (κ2) is 6.83. The van der Waals surface area contributed by atoms with Crippen LogP contribution >= 0.6 is 11.3 Å². The van der Waals surface area contributed by atoms with Crippen LogP contribution in [0.4, 0.5) is 10.5 Å². The van der Waals surface area contributed by atoms with Gasteiger partial charge in [-0.2, -0.15) is 0 Å². The Balaban J connectivity index is 2.02. The first-order valence-electron chi connectivity index (χ1n) is 7.29. The van der Waals surface area contributed by atoms with Crippen molar-refractivity contribution in [3.63, 3.8) is 0 Å². The fraction of sp³-hybridized carbons (Fsp3) is 0.294. The molecular formula is C17H21N3O2S. The minimum atomic E-state index is -0.784. The molecule has 0 aliphatic carbocycles. The van der Waals surface area contributed by atoms with E-state index in [9.17, 15) is 9.59 Å². The molecule has 0 bridgehead atoms. The molecule has 0 spiro atoms. The summed E-state index contributed by atoms with van der Waals surface area (Å²) in [6.45, 7) is 5.62. The highest BCUT2D eigenvalue weighted by molar-refractivity contribution is 7.13. The Morgan fingerprint density at radius 3 is 2.61 bits per heavy atom. The fourth-order valence-electron chi connectivity index (χ4n) is 1.97. The van der Waals surface area contributed by atoms with Gasteiger partial charge in [0.05, 0.1) is 5.41 Å². The average molecular weight is 331 g/mol. The molecule has 1 aromatic carbocycles. The minimum absolute atomic E-state index is 0.178. The van der Waals surface area contributed by atoms with Crippen LogP contribution in [0.1, 0.15) is 19.4 Å². The first-order valence-corrected chi connectivity index (χ1v) is 8.17. The van der Waals surface area contributed by atoms with Crippen molar-refractivity contribution in [3.8, 4) is 10.4 Å². The molecule has 2 aromatic rings. The van der Waals surface area contributed by atoms with E-state index in [4.69, 9.17) is 5.73 Å². The molecule has 1 aromatic heterocycles. The summed E-state index contributed by atoms with van der Waals surface area (Å²) in [7, 11) is 0. The molecule has 0 unspecified atom stereocenters. The number of rotatable bonds is 5. The van der Waals surface area contributed by atoms with Gasteiger partial charge >= 0.3 is 6.03 Å². The molecule has 0 radical (unpaired) electrons. The lowest BCUT2D eigenvalue weighted by Crippen LogP contribution is -2.43. The lowest BCUT2D eigenvalue weighted by molar-refractivity contribution is -0.125. The van der Waals surface area contributed by atoms with E-state index >= 15 is 0 Å². The zero-order valence-electron chi connectivity index (χ0n) is 13.5. The largest absolute Gasteiger partial charge is 0.369 e. The van der Waals surface area contributed by atoms with E-state index in [1.807, 2.05) is 29.6 Å². The summed E-state index contributed by atoms with van der Waals surface area (Å²) in [5.41, 5.74) is 7.47. The van der Waals surface area contributed by atoms with Crippen LogP contribution in [0.3, 0.4) is 0 Å². The molecule has 0 aliphatic rings. The second-order valence-electron chi connectivity index (χ2n) is 6.07. The van der Waals surface area contributed by atoms with Gasteiger partial charge in [-0.3, -0.25) is 4.79 Å². The molecule has 6 heteroatoms. The van der Waals surface area contributed by atoms with Gasteiger partial charge in [0, 0.05) is 17.1 Å². The van der Waals surface area contributed by atoms with E-state index < -0.39 is 11.3 Å². The quantitative estimate of drug-likeness (QED) is 0.785. The predicted molar refractivity (Wildman–Crippen MR) is 94.5 cm³/mol. The number of aryl methyl sites for hydroxylation is 1. The van der Waals surface area contributed by atoms with Crippen LogP contribution in [0.2, 0.25) is 0 Å². The van der Waals surface area contributed by atoms with Crippen molar-refractivity contribution in [1.82, 2.24) is 5.32 Å². The highest BCUT2D eigenvalue weighted by atomic mass is 32.1. The van der Waals surface area contributed by atoms with E-state index in [1.54, 1.807) is 25.2 Å². The van der Waals surface area contributed by atoms with Crippen molar-refractivity contribution in [2.45, 2.75) is 20.8 Å². The van der Waals surface area contributed by atoms with E-state index in [2.05, 4.69) is 23.6 Å². The third-order valence-electron chi connectivity index (χ3n) is 3.60. The van der Waals surface area contributed by atoms with Crippen molar-refractivity contribution in [1.29, 1.82) is 0 Å². The maximum absolute atomic E-state index is 12.0. The topological polar surface area (TPSA) is 84.2 Å². The van der Waals surface area contributed by atoms with Crippen molar-refractivity contribution >= 4 is 29.0 Å². The number of amides is 3. The van der Waals surface area contributed by atoms with E-state index in [-0.39, 0.29) is 12.6 Å². The van der Waals surface area contributed by atoms with E-state index in [0.717, 1.165) is 5.56 Å². The smallest absolute Gasteiger partial charge is 0.319 e. The number of primary amides is 1. The number of benzene rings is 1. The number of anilines is 1. The van der Waals surface area contributed by atoms with Gasteiger partial charge in [0.15, 0.2) is 0 Å². The van der Waals surface area contributed by atoms with Gasteiger partial charge in [-0.15, -0.1) is 11.3 Å². The maximum atomic E-state index is 12.0. The average Bonchev–Trinajstić information content (AvgIpc) is 2.91. The third kappa shape index (κ3) is 4.32. The number of thiophene rings is 1. The molecule has 0 aliphatic heterocycles. The Hall–Kier alpha value is -2.34. The molecule has 3 amide bonds. The lowest BCUT2D eigenvalue weighted by atomic mass is 9.93. The fourth-order valence-corrected chi connectivity index (χ4v) is 2.90. The molecule has 0 fully saturated rings. The summed E-state index contributed by atoms with van der Waals surface area (Å²) in [4.78, 5) is 24.4. The van der Waals surface area contributed by atoms with Crippen molar-refractivity contribution in [3.05, 3.63) is 41.3 Å². The number of carbonyl (C=O) groups is 2. The van der Waals surface area contributed by atoms with E-state index in [1.165, 1.54) is 10.4 Å². The van der Waals surface area contributed by atoms with Gasteiger partial charge < -0.3 is 16.4 Å². The van der Waals surface area contributed by atoms with Gasteiger partial charge in [0.25, 0.3) is 0 Å². The zero-order valence-corrected chi connectivity index (χ0v) is 14.3. The standard InChI is InChI=1S/C17H21N3O2S/c1-11-7-8-23-14(11)12-5-4-6-13(9-12)20-16(22)19-10-17(2,3)15(18)21/h4-9H,10H2,1-3H3,(H2,18,21)(H2,19,20,22). The number of nitrogens with two attached hydrogens (primary N) is 1. The highest BCUT2D eigenvalue weighted by Crippen LogP contribution is 2.30. The van der Waals surface area contributed by atoms with Crippen molar-refractivity contribution < 1.29 is 9.59 Å². The summed E-state index contributed by atoms with van der Waals surface area (Å²) >= 11 is 1.67. The molecule has 5 nitrogen and oxygen atoms in total. The Morgan fingerprint density at radius 1 is 1.26 bits per heavy atom. The molecule has 0 saturated carbocycles. The summed E-state index contributed by atoms with van der Waals surface area (Å²) in [5, 5.41) is 7.49. The number of urea groups is 1. The summed E-state index contributed by atoms with van der Waals surface area (Å²) in [5.74, 6) is -0.451. The highest BCUT2D eigenvalue weighted by Gasteiger charge is 2.25. The van der Waals surface area contributed by atoms with Crippen LogP contribution in [0.15, 0.2) is 35.7 Å². The molecule has 2 rings (SSSR count).